The Morgan fingerprint density at radius 2 is 1.76 bits per heavy atom. The Balaban J connectivity index is 2.35. The first-order valence-corrected chi connectivity index (χ1v) is 9.21. The van der Waals surface area contributed by atoms with E-state index in [1.807, 2.05) is 18.4 Å². The second kappa shape index (κ2) is 6.20. The normalized spacial score (nSPS) is 12.0. The Bertz CT molecular complexity index is 719. The molecule has 0 unspecified atom stereocenters. The largest absolute Gasteiger partial charge is 0.329 e. The van der Waals surface area contributed by atoms with Gasteiger partial charge in [-0.05, 0) is 17.5 Å². The molecule has 0 amide bonds. The summed E-state index contributed by atoms with van der Waals surface area (Å²) in [5.41, 5.74) is 2.38. The first kappa shape index (κ1) is 16.0. The summed E-state index contributed by atoms with van der Waals surface area (Å²) in [6.45, 7) is 6.64. The molecule has 0 fully saturated rings. The molecule has 0 aliphatic carbocycles. The van der Waals surface area contributed by atoms with E-state index >= 15 is 0 Å². The molecule has 0 N–H and O–H groups in total. The Morgan fingerprint density at radius 3 is 2.24 bits per heavy atom. The molecule has 1 heterocycles. The molecule has 0 bridgehead atoms. The number of rotatable bonds is 5. The Kier molecular flexibility index (Phi) is 4.74. The summed E-state index contributed by atoms with van der Waals surface area (Å²) < 4.78 is 24.7. The van der Waals surface area contributed by atoms with E-state index in [0.29, 0.717) is 12.4 Å². The molecule has 0 radical (unpaired) electrons. The topological polar surface area (TPSA) is 52.0 Å². The van der Waals surface area contributed by atoms with E-state index in [-0.39, 0.29) is 10.9 Å². The van der Waals surface area contributed by atoms with Crippen molar-refractivity contribution in [3.8, 4) is 0 Å². The van der Waals surface area contributed by atoms with Gasteiger partial charge in [0.2, 0.25) is 0 Å². The quantitative estimate of drug-likeness (QED) is 0.790. The van der Waals surface area contributed by atoms with Crippen LogP contribution in [0.3, 0.4) is 0 Å². The first-order valence-electron chi connectivity index (χ1n) is 6.90. The molecule has 6 heteroatoms. The lowest BCUT2D eigenvalue weighted by molar-refractivity contribution is 0.606. The number of benzene rings is 1. The van der Waals surface area contributed by atoms with Crippen molar-refractivity contribution in [3.05, 3.63) is 47.4 Å². The molecule has 1 aromatic carbocycles. The summed E-state index contributed by atoms with van der Waals surface area (Å²) in [6, 6.07) is 8.27. The number of hydrogen-bond donors (Lipinski definition) is 0. The van der Waals surface area contributed by atoms with E-state index in [1.165, 1.54) is 11.8 Å². The minimum Gasteiger partial charge on any atom is -0.329 e. The molecule has 0 aliphatic heterocycles. The van der Waals surface area contributed by atoms with Crippen molar-refractivity contribution in [2.45, 2.75) is 44.7 Å². The summed E-state index contributed by atoms with van der Waals surface area (Å²) in [6.07, 6.45) is 2.50. The van der Waals surface area contributed by atoms with Crippen LogP contribution < -0.4 is 0 Å². The SMILES string of the molecule is CCc1ccc(Cn2cc(S(=O)(=O)Cl)nc2C(C)C)cc1. The fraction of sp³-hybridized carbons (Fsp3) is 0.400. The molecule has 0 atom stereocenters. The van der Waals surface area contributed by atoms with Crippen LogP contribution in [0.2, 0.25) is 0 Å². The van der Waals surface area contributed by atoms with Crippen LogP contribution in [-0.4, -0.2) is 18.0 Å². The van der Waals surface area contributed by atoms with Crippen LogP contribution in [0.1, 0.15) is 43.6 Å². The van der Waals surface area contributed by atoms with Crippen LogP contribution in [0.25, 0.3) is 0 Å². The van der Waals surface area contributed by atoms with Gasteiger partial charge >= 0.3 is 0 Å². The smallest absolute Gasteiger partial charge is 0.280 e. The van der Waals surface area contributed by atoms with Gasteiger partial charge < -0.3 is 4.57 Å². The molecule has 2 aromatic rings. The summed E-state index contributed by atoms with van der Waals surface area (Å²) in [5.74, 6) is 0.834. The Morgan fingerprint density at radius 1 is 1.19 bits per heavy atom. The van der Waals surface area contributed by atoms with Gasteiger partial charge in [0, 0.05) is 29.3 Å². The van der Waals surface area contributed by atoms with E-state index in [9.17, 15) is 8.42 Å². The first-order chi connectivity index (χ1) is 9.81. The van der Waals surface area contributed by atoms with Gasteiger partial charge in [0.25, 0.3) is 9.05 Å². The fourth-order valence-corrected chi connectivity index (χ4v) is 2.87. The van der Waals surface area contributed by atoms with Gasteiger partial charge in [-0.2, -0.15) is 0 Å². The van der Waals surface area contributed by atoms with Crippen molar-refractivity contribution >= 4 is 19.7 Å². The molecule has 0 saturated heterocycles. The number of nitrogens with zero attached hydrogens (tertiary/aromatic N) is 2. The Labute approximate surface area is 130 Å². The van der Waals surface area contributed by atoms with Crippen molar-refractivity contribution in [2.75, 3.05) is 0 Å². The molecular formula is C15H19ClN2O2S. The average molecular weight is 327 g/mol. The third kappa shape index (κ3) is 3.86. The predicted molar refractivity (Wildman–Crippen MR) is 84.3 cm³/mol. The van der Waals surface area contributed by atoms with Gasteiger partial charge in [0.1, 0.15) is 5.82 Å². The molecule has 0 spiro atoms. The maximum atomic E-state index is 11.4. The fourth-order valence-electron chi connectivity index (χ4n) is 2.19. The van der Waals surface area contributed by atoms with Crippen LogP contribution in [-0.2, 0) is 22.0 Å². The highest BCUT2D eigenvalue weighted by Gasteiger charge is 2.19. The van der Waals surface area contributed by atoms with Gasteiger partial charge in [0.15, 0.2) is 5.03 Å². The highest BCUT2D eigenvalue weighted by Crippen LogP contribution is 2.21. The minimum absolute atomic E-state index is 0.0851. The zero-order chi connectivity index (χ0) is 15.6. The van der Waals surface area contributed by atoms with Crippen molar-refractivity contribution in [3.63, 3.8) is 0 Å². The lowest BCUT2D eigenvalue weighted by atomic mass is 10.1. The van der Waals surface area contributed by atoms with Gasteiger partial charge in [-0.15, -0.1) is 0 Å². The summed E-state index contributed by atoms with van der Waals surface area (Å²) in [4.78, 5) is 4.15. The Hall–Kier alpha value is -1.33. The van der Waals surface area contributed by atoms with E-state index in [4.69, 9.17) is 10.7 Å². The number of imidazole rings is 1. The third-order valence-electron chi connectivity index (χ3n) is 3.34. The molecule has 0 saturated carbocycles. The molecule has 0 aliphatic rings. The van der Waals surface area contributed by atoms with Gasteiger partial charge in [-0.1, -0.05) is 45.0 Å². The summed E-state index contributed by atoms with van der Waals surface area (Å²) in [7, 11) is 1.59. The number of hydrogen-bond acceptors (Lipinski definition) is 3. The van der Waals surface area contributed by atoms with E-state index in [1.54, 1.807) is 0 Å². The second-order valence-corrected chi connectivity index (χ2v) is 7.84. The van der Waals surface area contributed by atoms with Crippen LogP contribution in [0.4, 0.5) is 0 Å². The highest BCUT2D eigenvalue weighted by molar-refractivity contribution is 8.13. The maximum absolute atomic E-state index is 11.4. The van der Waals surface area contributed by atoms with Crippen molar-refractivity contribution in [1.82, 2.24) is 9.55 Å². The van der Waals surface area contributed by atoms with E-state index in [2.05, 4.69) is 36.2 Å². The van der Waals surface area contributed by atoms with Gasteiger partial charge in [-0.25, -0.2) is 13.4 Å². The van der Waals surface area contributed by atoms with Crippen LogP contribution in [0, 0.1) is 0 Å². The zero-order valence-electron chi connectivity index (χ0n) is 12.4. The van der Waals surface area contributed by atoms with Crippen LogP contribution in [0.15, 0.2) is 35.5 Å². The van der Waals surface area contributed by atoms with Crippen molar-refractivity contribution < 1.29 is 8.42 Å². The monoisotopic (exact) mass is 326 g/mol. The molecule has 21 heavy (non-hydrogen) atoms. The number of aryl methyl sites for hydroxylation is 1. The zero-order valence-corrected chi connectivity index (χ0v) is 13.9. The minimum atomic E-state index is -3.80. The van der Waals surface area contributed by atoms with Gasteiger partial charge in [0.05, 0.1) is 0 Å². The molecular weight excluding hydrogens is 308 g/mol. The molecule has 1 aromatic heterocycles. The van der Waals surface area contributed by atoms with E-state index in [0.717, 1.165) is 12.0 Å². The number of halogens is 1. The van der Waals surface area contributed by atoms with Crippen molar-refractivity contribution in [2.24, 2.45) is 0 Å². The van der Waals surface area contributed by atoms with E-state index < -0.39 is 9.05 Å². The predicted octanol–water partition coefficient (Wildman–Crippen LogP) is 3.54. The third-order valence-corrected chi connectivity index (χ3v) is 4.51. The highest BCUT2D eigenvalue weighted by atomic mass is 35.7. The molecule has 2 rings (SSSR count). The number of aromatic nitrogens is 2. The van der Waals surface area contributed by atoms with Crippen LogP contribution in [0.5, 0.6) is 0 Å². The summed E-state index contributed by atoms with van der Waals surface area (Å²) in [5, 5.41) is -0.0851. The lowest BCUT2D eigenvalue weighted by Gasteiger charge is -2.10. The molecule has 114 valence electrons. The standard InChI is InChI=1S/C15H19ClN2O2S/c1-4-12-5-7-13(8-6-12)9-18-10-14(21(16,19)20)17-15(18)11(2)3/h5-8,10-11H,4,9H2,1-3H3. The van der Waals surface area contributed by atoms with Crippen LogP contribution >= 0.6 is 10.7 Å². The average Bonchev–Trinajstić information content (AvgIpc) is 2.84. The lowest BCUT2D eigenvalue weighted by Crippen LogP contribution is -2.05. The maximum Gasteiger partial charge on any atom is 0.280 e. The molecule has 4 nitrogen and oxygen atoms in total. The van der Waals surface area contributed by atoms with Crippen molar-refractivity contribution in [1.29, 1.82) is 0 Å². The summed E-state index contributed by atoms with van der Waals surface area (Å²) >= 11 is 0. The van der Waals surface area contributed by atoms with Gasteiger partial charge in [-0.3, -0.25) is 0 Å². The second-order valence-electron chi connectivity index (χ2n) is 5.33.